The molecule has 1 aromatic heterocycles. The lowest BCUT2D eigenvalue weighted by Gasteiger charge is -2.23. The van der Waals surface area contributed by atoms with Gasteiger partial charge in [-0.1, -0.05) is 35.5 Å². The lowest BCUT2D eigenvalue weighted by Crippen LogP contribution is -2.55. The molecule has 1 heterocycles. The number of aliphatic carboxylic acids is 2. The zero-order valence-corrected chi connectivity index (χ0v) is 21.4. The summed E-state index contributed by atoms with van der Waals surface area (Å²) in [5.41, 5.74) is -0.897. The van der Waals surface area contributed by atoms with Crippen molar-refractivity contribution in [2.75, 3.05) is 18.6 Å². The number of hydrogen-bond donors (Lipinski definition) is 5. The van der Waals surface area contributed by atoms with E-state index >= 15 is 0 Å². The third-order valence-corrected chi connectivity index (χ3v) is 6.03. The summed E-state index contributed by atoms with van der Waals surface area (Å²) in [4.78, 5) is 61.0. The quantitative estimate of drug-likeness (QED) is 0.218. The van der Waals surface area contributed by atoms with Crippen LogP contribution in [0.4, 0.5) is 0 Å². The van der Waals surface area contributed by atoms with Crippen molar-refractivity contribution in [3.05, 3.63) is 47.8 Å². The fraction of sp³-hybridized carbons (Fsp3) is 0.435. The van der Waals surface area contributed by atoms with Gasteiger partial charge in [0.25, 0.3) is 5.91 Å². The SMILES string of the molecule is CSCC[C@H](NC(=O)c1cn(C(C)(C)C(=O)O)nn1)C(=O)N[C@@H](Cc1ccccc1)C(=O)NCC(=O)O. The number of carboxylic acid groups (broad SMARTS) is 2. The first-order chi connectivity index (χ1) is 17.4. The maximum Gasteiger partial charge on any atom is 0.331 e. The summed E-state index contributed by atoms with van der Waals surface area (Å²) in [5, 5.41) is 33.1. The van der Waals surface area contributed by atoms with E-state index in [4.69, 9.17) is 5.11 Å². The summed E-state index contributed by atoms with van der Waals surface area (Å²) < 4.78 is 1.03. The van der Waals surface area contributed by atoms with Crippen LogP contribution in [0, 0.1) is 0 Å². The Morgan fingerprint density at radius 3 is 2.30 bits per heavy atom. The van der Waals surface area contributed by atoms with Gasteiger partial charge in [-0.3, -0.25) is 19.2 Å². The number of hydrogen-bond acceptors (Lipinski definition) is 8. The van der Waals surface area contributed by atoms with Crippen LogP contribution in [0.3, 0.4) is 0 Å². The van der Waals surface area contributed by atoms with Crippen molar-refractivity contribution in [2.45, 2.75) is 44.3 Å². The average molecular weight is 535 g/mol. The first kappa shape index (κ1) is 29.3. The number of nitrogens with one attached hydrogen (secondary N) is 3. The van der Waals surface area contributed by atoms with Gasteiger partial charge < -0.3 is 26.2 Å². The van der Waals surface area contributed by atoms with Gasteiger partial charge in [-0.15, -0.1) is 5.10 Å². The minimum absolute atomic E-state index is 0.0970. The van der Waals surface area contributed by atoms with E-state index in [1.54, 1.807) is 30.3 Å². The van der Waals surface area contributed by atoms with Gasteiger partial charge in [-0.2, -0.15) is 11.8 Å². The predicted molar refractivity (Wildman–Crippen MR) is 134 cm³/mol. The molecule has 2 aromatic rings. The maximum absolute atomic E-state index is 13.2. The summed E-state index contributed by atoms with van der Waals surface area (Å²) in [7, 11) is 0. The van der Waals surface area contributed by atoms with Crippen molar-refractivity contribution in [1.29, 1.82) is 0 Å². The van der Waals surface area contributed by atoms with Crippen LogP contribution in [-0.2, 0) is 31.1 Å². The second-order valence-electron chi connectivity index (χ2n) is 8.58. The standard InChI is InChI=1S/C23H30N6O7S/c1-23(2,22(35)36)29-13-17(27-28-29)21(34)25-15(9-10-37-3)20(33)26-16(19(32)24-12-18(30)31)11-14-7-5-4-6-8-14/h4-8,13,15-16H,9-12H2,1-3H3,(H,24,32)(H,25,34)(H,26,33)(H,30,31)(H,35,36)/t15-,16-/m0/s1. The fourth-order valence-corrected chi connectivity index (χ4v) is 3.56. The molecule has 0 unspecified atom stereocenters. The highest BCUT2D eigenvalue weighted by atomic mass is 32.2. The maximum atomic E-state index is 13.2. The van der Waals surface area contributed by atoms with E-state index in [0.29, 0.717) is 5.75 Å². The number of nitrogens with zero attached hydrogens (tertiary/aromatic N) is 3. The minimum Gasteiger partial charge on any atom is -0.480 e. The molecule has 2 atom stereocenters. The number of amides is 3. The molecule has 37 heavy (non-hydrogen) atoms. The Labute approximate surface area is 217 Å². The molecule has 0 aliphatic carbocycles. The van der Waals surface area contributed by atoms with Crippen LogP contribution in [0.2, 0.25) is 0 Å². The van der Waals surface area contributed by atoms with Crippen LogP contribution in [0.25, 0.3) is 0 Å². The molecule has 0 aliphatic rings. The number of thioether (sulfide) groups is 1. The highest BCUT2D eigenvalue weighted by molar-refractivity contribution is 7.98. The molecular weight excluding hydrogens is 504 g/mol. The summed E-state index contributed by atoms with van der Waals surface area (Å²) in [6, 6.07) is 6.71. The number of carbonyl (C=O) groups excluding carboxylic acids is 3. The van der Waals surface area contributed by atoms with Gasteiger partial charge in [-0.25, -0.2) is 9.48 Å². The summed E-state index contributed by atoms with van der Waals surface area (Å²) >= 11 is 1.45. The van der Waals surface area contributed by atoms with E-state index in [2.05, 4.69) is 26.3 Å². The topological polar surface area (TPSA) is 193 Å². The van der Waals surface area contributed by atoms with Gasteiger partial charge in [-0.05, 0) is 37.8 Å². The zero-order valence-electron chi connectivity index (χ0n) is 20.6. The molecule has 3 amide bonds. The van der Waals surface area contributed by atoms with Crippen molar-refractivity contribution in [3.8, 4) is 0 Å². The molecule has 0 radical (unpaired) electrons. The van der Waals surface area contributed by atoms with Gasteiger partial charge in [0.05, 0.1) is 6.20 Å². The first-order valence-electron chi connectivity index (χ1n) is 11.3. The molecule has 200 valence electrons. The molecule has 5 N–H and O–H groups in total. The van der Waals surface area contributed by atoms with Crippen molar-refractivity contribution < 1.29 is 34.2 Å². The highest BCUT2D eigenvalue weighted by Crippen LogP contribution is 2.14. The lowest BCUT2D eigenvalue weighted by molar-refractivity contribution is -0.146. The summed E-state index contributed by atoms with van der Waals surface area (Å²) in [6.07, 6.45) is 3.32. The molecule has 2 rings (SSSR count). The number of carboxylic acids is 2. The van der Waals surface area contributed by atoms with Crippen molar-refractivity contribution in [1.82, 2.24) is 30.9 Å². The van der Waals surface area contributed by atoms with Gasteiger partial charge in [0.2, 0.25) is 11.8 Å². The normalized spacial score (nSPS) is 12.7. The minimum atomic E-state index is -1.45. The van der Waals surface area contributed by atoms with Crippen molar-refractivity contribution in [3.63, 3.8) is 0 Å². The van der Waals surface area contributed by atoms with Gasteiger partial charge in [0.1, 0.15) is 18.6 Å². The highest BCUT2D eigenvalue weighted by Gasteiger charge is 2.32. The number of rotatable bonds is 14. The molecule has 13 nitrogen and oxygen atoms in total. The monoisotopic (exact) mass is 534 g/mol. The summed E-state index contributed by atoms with van der Waals surface area (Å²) in [5.74, 6) is -3.98. The van der Waals surface area contributed by atoms with Crippen LogP contribution < -0.4 is 16.0 Å². The van der Waals surface area contributed by atoms with E-state index < -0.39 is 53.8 Å². The second kappa shape index (κ2) is 13.4. The molecule has 0 aliphatic heterocycles. The van der Waals surface area contributed by atoms with Crippen LogP contribution in [0.5, 0.6) is 0 Å². The summed E-state index contributed by atoms with van der Waals surface area (Å²) in [6.45, 7) is 2.17. The average Bonchev–Trinajstić information content (AvgIpc) is 3.36. The third-order valence-electron chi connectivity index (χ3n) is 5.38. The van der Waals surface area contributed by atoms with Crippen LogP contribution in [-0.4, -0.2) is 85.5 Å². The molecular formula is C23H30N6O7S. The van der Waals surface area contributed by atoms with Crippen LogP contribution in [0.15, 0.2) is 36.5 Å². The zero-order chi connectivity index (χ0) is 27.6. The number of aromatic nitrogens is 3. The molecule has 0 spiro atoms. The van der Waals surface area contributed by atoms with E-state index in [9.17, 15) is 29.1 Å². The fourth-order valence-electron chi connectivity index (χ4n) is 3.09. The third kappa shape index (κ3) is 8.59. The Morgan fingerprint density at radius 2 is 1.70 bits per heavy atom. The molecule has 0 bridgehead atoms. The smallest absolute Gasteiger partial charge is 0.331 e. The van der Waals surface area contributed by atoms with Crippen molar-refractivity contribution >= 4 is 41.4 Å². The van der Waals surface area contributed by atoms with E-state index in [-0.39, 0.29) is 18.5 Å². The van der Waals surface area contributed by atoms with Crippen LogP contribution in [0.1, 0.15) is 36.3 Å². The first-order valence-corrected chi connectivity index (χ1v) is 12.6. The Morgan fingerprint density at radius 1 is 1.03 bits per heavy atom. The van der Waals surface area contributed by atoms with E-state index in [1.165, 1.54) is 31.8 Å². The van der Waals surface area contributed by atoms with Crippen molar-refractivity contribution in [2.24, 2.45) is 0 Å². The van der Waals surface area contributed by atoms with Crippen LogP contribution >= 0.6 is 11.8 Å². The molecule has 0 fully saturated rings. The Kier molecular flexibility index (Phi) is 10.6. The molecule has 1 aromatic carbocycles. The Hall–Kier alpha value is -3.94. The van der Waals surface area contributed by atoms with E-state index in [0.717, 1.165) is 10.2 Å². The van der Waals surface area contributed by atoms with Gasteiger partial charge >= 0.3 is 11.9 Å². The lowest BCUT2D eigenvalue weighted by atomic mass is 10.0. The molecule has 0 saturated carbocycles. The molecule has 0 saturated heterocycles. The Bertz CT molecular complexity index is 1120. The number of benzene rings is 1. The van der Waals surface area contributed by atoms with Gasteiger partial charge in [0, 0.05) is 6.42 Å². The largest absolute Gasteiger partial charge is 0.480 e. The van der Waals surface area contributed by atoms with Gasteiger partial charge in [0.15, 0.2) is 11.2 Å². The Balaban J connectivity index is 2.19. The van der Waals surface area contributed by atoms with E-state index in [1.807, 2.05) is 6.26 Å². The predicted octanol–water partition coefficient (Wildman–Crippen LogP) is -0.122. The molecule has 14 heteroatoms. The second-order valence-corrected chi connectivity index (χ2v) is 9.57. The number of carbonyl (C=O) groups is 5.